The number of aromatic nitrogens is 1. The molecule has 1 aromatic heterocycles. The predicted molar refractivity (Wildman–Crippen MR) is 67.8 cm³/mol. The summed E-state index contributed by atoms with van der Waals surface area (Å²) in [6.07, 6.45) is 2.65. The highest BCUT2D eigenvalue weighted by molar-refractivity contribution is 7.71. The molecule has 0 aromatic carbocycles. The minimum absolute atomic E-state index is 0.760. The lowest BCUT2D eigenvalue weighted by molar-refractivity contribution is -0.703. The highest BCUT2D eigenvalue weighted by Crippen LogP contribution is 2.65. The monoisotopic (exact) mass is 326 g/mol. The molecule has 0 aliphatic rings. The van der Waals surface area contributed by atoms with Gasteiger partial charge in [0.1, 0.15) is 0 Å². The van der Waals surface area contributed by atoms with Gasteiger partial charge in [-0.15, -0.1) is 0 Å². The predicted octanol–water partition coefficient (Wildman–Crippen LogP) is -1.59. The maximum atomic E-state index is 11.2. The zero-order valence-corrected chi connectivity index (χ0v) is 12.6. The summed E-state index contributed by atoms with van der Waals surface area (Å²) in [7, 11) is -7.66. The highest BCUT2D eigenvalue weighted by Gasteiger charge is 2.57. The molecule has 0 fully saturated rings. The van der Waals surface area contributed by atoms with E-state index in [0.717, 1.165) is 10.3 Å². The Morgan fingerprint density at radius 2 is 1.70 bits per heavy atom. The first-order chi connectivity index (χ1) is 8.88. The zero-order chi connectivity index (χ0) is 15.8. The normalized spacial score (nSPS) is 18.1. The van der Waals surface area contributed by atoms with Crippen LogP contribution in [-0.4, -0.2) is 39.0 Å². The molecule has 0 aliphatic carbocycles. The van der Waals surface area contributed by atoms with Gasteiger partial charge in [-0.25, -0.2) is 4.57 Å². The Hall–Kier alpha value is -0.790. The van der Waals surface area contributed by atoms with Crippen LogP contribution in [0, 0.1) is 0 Å². The van der Waals surface area contributed by atoms with Crippen molar-refractivity contribution in [3.05, 3.63) is 24.5 Å². The van der Waals surface area contributed by atoms with E-state index >= 15 is 0 Å². The van der Waals surface area contributed by atoms with Crippen molar-refractivity contribution in [2.75, 3.05) is 19.0 Å². The van der Waals surface area contributed by atoms with Crippen LogP contribution in [0.5, 0.6) is 0 Å². The Morgan fingerprint density at radius 1 is 1.25 bits per heavy atom. The Kier molecular flexibility index (Phi) is 4.78. The first-order valence-corrected chi connectivity index (χ1v) is 8.56. The second kappa shape index (κ2) is 5.54. The maximum absolute atomic E-state index is 11.2. The van der Waals surface area contributed by atoms with Gasteiger partial charge < -0.3 is 34.1 Å². The zero-order valence-electron chi connectivity index (χ0n) is 10.8. The molecule has 9 nitrogen and oxygen atoms in total. The van der Waals surface area contributed by atoms with Crippen molar-refractivity contribution in [1.82, 2.24) is 0 Å². The summed E-state index contributed by atoms with van der Waals surface area (Å²) in [6.45, 7) is -0.998. The van der Waals surface area contributed by atoms with Crippen molar-refractivity contribution in [2.24, 2.45) is 0 Å². The molecular formula is C9H16N2O7P2. The fraction of sp³-hybridized carbons (Fsp3) is 0.444. The van der Waals surface area contributed by atoms with Gasteiger partial charge >= 0.3 is 7.60 Å². The van der Waals surface area contributed by atoms with E-state index in [4.69, 9.17) is 14.7 Å². The molecule has 4 N–H and O–H groups in total. The molecule has 1 aromatic rings. The van der Waals surface area contributed by atoms with Crippen LogP contribution in [0.4, 0.5) is 5.69 Å². The second-order valence-corrected chi connectivity index (χ2v) is 8.42. The van der Waals surface area contributed by atoms with Gasteiger partial charge in [-0.1, -0.05) is 0 Å². The van der Waals surface area contributed by atoms with Gasteiger partial charge in [0, 0.05) is 31.9 Å². The Morgan fingerprint density at radius 3 is 2.00 bits per heavy atom. The Bertz CT molecular complexity index is 540. The van der Waals surface area contributed by atoms with E-state index in [9.17, 15) is 19.1 Å². The average molecular weight is 326 g/mol. The van der Waals surface area contributed by atoms with Crippen LogP contribution in [0.25, 0.3) is 0 Å². The third-order valence-electron chi connectivity index (χ3n) is 2.70. The molecule has 1 rings (SSSR count). The summed E-state index contributed by atoms with van der Waals surface area (Å²) < 4.78 is 23.3. The number of aliphatic hydroxyl groups is 1. The topological polar surface area (TPSA) is 145 Å². The first-order valence-electron chi connectivity index (χ1n) is 5.37. The third kappa shape index (κ3) is 3.45. The van der Waals surface area contributed by atoms with Gasteiger partial charge in [0.25, 0.3) is 5.08 Å². The largest absolute Gasteiger partial charge is 0.776 e. The molecule has 11 heteroatoms. The van der Waals surface area contributed by atoms with Gasteiger partial charge in [0.05, 0.1) is 0 Å². The van der Waals surface area contributed by atoms with E-state index in [-0.39, 0.29) is 0 Å². The summed E-state index contributed by atoms with van der Waals surface area (Å²) >= 11 is 0. The number of pyridine rings is 1. The van der Waals surface area contributed by atoms with Gasteiger partial charge in [-0.05, 0) is 0 Å². The standard InChI is InChI=1S/C9H16N2O7P2/c1-10(2)8-3-5-11(6-4-8)7-9(12,19(13,14)15)20(16,17)18/h3-6,12H,7H2,1-2H3,(H3-,13,14,15,16,17,18). The molecule has 1 heterocycles. The van der Waals surface area contributed by atoms with E-state index < -0.39 is 26.8 Å². The Labute approximate surface area is 115 Å². The second-order valence-electron chi connectivity index (χ2n) is 4.46. The molecule has 0 saturated carbocycles. The molecule has 0 saturated heterocycles. The van der Waals surface area contributed by atoms with Gasteiger partial charge in [0.15, 0.2) is 26.5 Å². The summed E-state index contributed by atoms with van der Waals surface area (Å²) in [4.78, 5) is 39.7. The van der Waals surface area contributed by atoms with Crippen LogP contribution in [-0.2, 0) is 15.7 Å². The summed E-state index contributed by atoms with van der Waals surface area (Å²) in [6, 6.07) is 3.10. The molecule has 0 amide bonds. The molecule has 0 spiro atoms. The lowest BCUT2D eigenvalue weighted by Gasteiger charge is -2.33. The quantitative estimate of drug-likeness (QED) is 0.374. The van der Waals surface area contributed by atoms with E-state index in [1.165, 1.54) is 12.4 Å². The molecule has 0 aliphatic heterocycles. The van der Waals surface area contributed by atoms with Gasteiger partial charge in [-0.2, -0.15) is 0 Å². The fourth-order valence-corrected chi connectivity index (χ4v) is 3.45. The smallest absolute Gasteiger partial charge is 0.372 e. The van der Waals surface area contributed by atoms with Crippen molar-refractivity contribution in [3.8, 4) is 0 Å². The number of hydrogen-bond acceptors (Lipinski definition) is 5. The van der Waals surface area contributed by atoms with Crippen molar-refractivity contribution in [1.29, 1.82) is 0 Å². The van der Waals surface area contributed by atoms with Crippen LogP contribution >= 0.6 is 15.2 Å². The maximum Gasteiger partial charge on any atom is 0.372 e. The summed E-state index contributed by atoms with van der Waals surface area (Å²) in [5.74, 6) is 0. The Balaban J connectivity index is 3.16. The van der Waals surface area contributed by atoms with Crippen molar-refractivity contribution >= 4 is 20.9 Å². The summed E-state index contributed by atoms with van der Waals surface area (Å²) in [5, 5.41) is 6.13. The van der Waals surface area contributed by atoms with E-state index in [2.05, 4.69) is 0 Å². The molecular weight excluding hydrogens is 310 g/mol. The number of rotatable bonds is 5. The SMILES string of the molecule is CN(C)c1cc[n+](CC(O)(P(=O)([O-])O)P(=O)(O)O)cc1. The third-order valence-corrected chi connectivity index (χ3v) is 6.36. The molecule has 20 heavy (non-hydrogen) atoms. The average Bonchev–Trinajstić information content (AvgIpc) is 2.26. The highest BCUT2D eigenvalue weighted by atomic mass is 31.2. The van der Waals surface area contributed by atoms with Crippen LogP contribution < -0.4 is 14.4 Å². The molecule has 0 bridgehead atoms. The van der Waals surface area contributed by atoms with Gasteiger partial charge in [0.2, 0.25) is 0 Å². The number of anilines is 1. The molecule has 2 atom stereocenters. The van der Waals surface area contributed by atoms with Crippen LogP contribution in [0.3, 0.4) is 0 Å². The van der Waals surface area contributed by atoms with Crippen LogP contribution in [0.1, 0.15) is 0 Å². The minimum atomic E-state index is -5.69. The van der Waals surface area contributed by atoms with Crippen molar-refractivity contribution in [2.45, 2.75) is 11.6 Å². The van der Waals surface area contributed by atoms with Crippen molar-refractivity contribution < 1.29 is 38.4 Å². The minimum Gasteiger partial charge on any atom is -0.776 e. The first kappa shape index (κ1) is 17.3. The summed E-state index contributed by atoms with van der Waals surface area (Å²) in [5.41, 5.74) is 0.760. The van der Waals surface area contributed by atoms with Gasteiger partial charge in [-0.3, -0.25) is 4.57 Å². The number of hydrogen-bond donors (Lipinski definition) is 4. The molecule has 0 radical (unpaired) electrons. The van der Waals surface area contributed by atoms with E-state index in [0.29, 0.717) is 0 Å². The van der Waals surface area contributed by atoms with Crippen LogP contribution in [0.2, 0.25) is 0 Å². The number of nitrogens with zero attached hydrogens (tertiary/aromatic N) is 2. The lowest BCUT2D eigenvalue weighted by atomic mass is 10.4. The van der Waals surface area contributed by atoms with E-state index in [1.54, 1.807) is 31.1 Å². The lowest BCUT2D eigenvalue weighted by Crippen LogP contribution is -2.49. The molecule has 114 valence electrons. The van der Waals surface area contributed by atoms with Crippen LogP contribution in [0.15, 0.2) is 24.5 Å². The van der Waals surface area contributed by atoms with Crippen molar-refractivity contribution in [3.63, 3.8) is 0 Å². The molecule has 2 unspecified atom stereocenters. The van der Waals surface area contributed by atoms with E-state index in [1.807, 2.05) is 0 Å². The fourth-order valence-electron chi connectivity index (χ4n) is 1.44.